The Morgan fingerprint density at radius 1 is 1.27 bits per heavy atom. The van der Waals surface area contributed by atoms with Gasteiger partial charge in [0.1, 0.15) is 11.3 Å². The second-order valence-electron chi connectivity index (χ2n) is 3.43. The van der Waals surface area contributed by atoms with Crippen molar-refractivity contribution in [1.82, 2.24) is 5.32 Å². The van der Waals surface area contributed by atoms with Crippen molar-refractivity contribution in [3.05, 3.63) is 36.1 Å². The van der Waals surface area contributed by atoms with E-state index in [9.17, 15) is 0 Å². The second-order valence-corrected chi connectivity index (χ2v) is 3.43. The van der Waals surface area contributed by atoms with Crippen molar-refractivity contribution in [2.24, 2.45) is 0 Å². The van der Waals surface area contributed by atoms with Crippen LogP contribution in [0.15, 0.2) is 34.7 Å². The number of hydrogen-bond donors (Lipinski definition) is 1. The van der Waals surface area contributed by atoms with Crippen LogP contribution in [-0.2, 0) is 6.54 Å². The van der Waals surface area contributed by atoms with Crippen LogP contribution in [-0.4, -0.2) is 6.54 Å². The average Bonchev–Trinajstić information content (AvgIpc) is 2.60. The third kappa shape index (κ3) is 2.98. The van der Waals surface area contributed by atoms with Crippen LogP contribution in [0.2, 0.25) is 0 Å². The van der Waals surface area contributed by atoms with Crippen molar-refractivity contribution in [2.75, 3.05) is 6.54 Å². The van der Waals surface area contributed by atoms with E-state index in [4.69, 9.17) is 4.42 Å². The van der Waals surface area contributed by atoms with Gasteiger partial charge < -0.3 is 9.73 Å². The number of nitrogens with one attached hydrogen (secondary N) is 1. The van der Waals surface area contributed by atoms with E-state index in [1.807, 2.05) is 18.2 Å². The Hall–Kier alpha value is -0.990. The summed E-state index contributed by atoms with van der Waals surface area (Å²) in [4.78, 5) is 0. The maximum absolute atomic E-state index is 5.65. The van der Waals surface area contributed by atoms with Crippen LogP contribution >= 0.6 is 12.4 Å². The average molecular weight is 226 g/mol. The van der Waals surface area contributed by atoms with Crippen molar-refractivity contribution in [3.63, 3.8) is 0 Å². The lowest BCUT2D eigenvalue weighted by Gasteiger charge is -1.97. The van der Waals surface area contributed by atoms with Crippen LogP contribution < -0.4 is 5.32 Å². The minimum atomic E-state index is 0. The molecule has 0 aliphatic carbocycles. The molecule has 0 spiro atoms. The van der Waals surface area contributed by atoms with E-state index in [-0.39, 0.29) is 12.4 Å². The monoisotopic (exact) mass is 225 g/mol. The van der Waals surface area contributed by atoms with Gasteiger partial charge in [-0.3, -0.25) is 0 Å². The fourth-order valence-electron chi connectivity index (χ4n) is 1.51. The molecule has 0 atom stereocenters. The molecule has 15 heavy (non-hydrogen) atoms. The molecule has 0 amide bonds. The molecular formula is C12H16ClNO. The molecule has 1 aromatic heterocycles. The largest absolute Gasteiger partial charge is 0.460 e. The minimum absolute atomic E-state index is 0. The van der Waals surface area contributed by atoms with E-state index in [1.54, 1.807) is 0 Å². The summed E-state index contributed by atoms with van der Waals surface area (Å²) in [5.41, 5.74) is 0.973. The quantitative estimate of drug-likeness (QED) is 0.808. The van der Waals surface area contributed by atoms with Gasteiger partial charge in [-0.25, -0.2) is 0 Å². The first-order valence-electron chi connectivity index (χ1n) is 5.08. The lowest BCUT2D eigenvalue weighted by molar-refractivity contribution is 0.513. The maximum Gasteiger partial charge on any atom is 0.134 e. The van der Waals surface area contributed by atoms with Crippen LogP contribution in [0.3, 0.4) is 0 Å². The van der Waals surface area contributed by atoms with E-state index in [0.29, 0.717) is 0 Å². The van der Waals surface area contributed by atoms with Crippen molar-refractivity contribution in [2.45, 2.75) is 19.9 Å². The van der Waals surface area contributed by atoms with Gasteiger partial charge in [-0.2, -0.15) is 0 Å². The molecule has 82 valence electrons. The zero-order chi connectivity index (χ0) is 9.80. The summed E-state index contributed by atoms with van der Waals surface area (Å²) in [5.74, 6) is 1.01. The third-order valence-electron chi connectivity index (χ3n) is 2.20. The van der Waals surface area contributed by atoms with Crippen LogP contribution in [0.4, 0.5) is 0 Å². The molecule has 0 aliphatic rings. The normalized spacial score (nSPS) is 10.2. The van der Waals surface area contributed by atoms with Crippen LogP contribution in [0, 0.1) is 0 Å². The highest BCUT2D eigenvalue weighted by Crippen LogP contribution is 2.18. The Labute approximate surface area is 96.1 Å². The molecule has 1 N–H and O–H groups in total. The van der Waals surface area contributed by atoms with Gasteiger partial charge in [-0.05, 0) is 25.1 Å². The molecule has 1 heterocycles. The van der Waals surface area contributed by atoms with Gasteiger partial charge in [-0.15, -0.1) is 12.4 Å². The van der Waals surface area contributed by atoms with Gasteiger partial charge >= 0.3 is 0 Å². The standard InChI is InChI=1S/C12H15NO.ClH/c1-2-7-13-9-11-8-10-5-3-4-6-12(10)14-11;/h3-6,8,13H,2,7,9H2,1H3;1H. The van der Waals surface area contributed by atoms with E-state index in [0.717, 1.165) is 30.9 Å². The van der Waals surface area contributed by atoms with Gasteiger partial charge in [-0.1, -0.05) is 25.1 Å². The summed E-state index contributed by atoms with van der Waals surface area (Å²) >= 11 is 0. The van der Waals surface area contributed by atoms with Gasteiger partial charge in [0, 0.05) is 5.39 Å². The van der Waals surface area contributed by atoms with Gasteiger partial charge in [0.2, 0.25) is 0 Å². The fraction of sp³-hybridized carbons (Fsp3) is 0.333. The predicted octanol–water partition coefficient (Wildman–Crippen LogP) is 3.35. The molecule has 0 saturated carbocycles. The first kappa shape index (κ1) is 12.1. The van der Waals surface area contributed by atoms with E-state index in [2.05, 4.69) is 24.4 Å². The summed E-state index contributed by atoms with van der Waals surface area (Å²) < 4.78 is 5.65. The first-order valence-corrected chi connectivity index (χ1v) is 5.08. The number of fused-ring (bicyclic) bond motifs is 1. The number of rotatable bonds is 4. The van der Waals surface area contributed by atoms with Crippen molar-refractivity contribution >= 4 is 23.4 Å². The summed E-state index contributed by atoms with van der Waals surface area (Å²) in [6.45, 7) is 4.02. The Morgan fingerprint density at radius 2 is 2.07 bits per heavy atom. The molecule has 0 aliphatic heterocycles. The van der Waals surface area contributed by atoms with Gasteiger partial charge in [0.05, 0.1) is 6.54 Å². The zero-order valence-corrected chi connectivity index (χ0v) is 9.64. The lowest BCUT2D eigenvalue weighted by Crippen LogP contribution is -2.12. The molecule has 0 unspecified atom stereocenters. The fourth-order valence-corrected chi connectivity index (χ4v) is 1.51. The van der Waals surface area contributed by atoms with Crippen molar-refractivity contribution < 1.29 is 4.42 Å². The van der Waals surface area contributed by atoms with Crippen LogP contribution in [0.5, 0.6) is 0 Å². The smallest absolute Gasteiger partial charge is 0.134 e. The van der Waals surface area contributed by atoms with E-state index in [1.165, 1.54) is 5.39 Å². The van der Waals surface area contributed by atoms with Gasteiger partial charge in [0.15, 0.2) is 0 Å². The SMILES string of the molecule is CCCNCc1cc2ccccc2o1.Cl. The highest BCUT2D eigenvalue weighted by molar-refractivity contribution is 5.85. The molecule has 2 nitrogen and oxygen atoms in total. The summed E-state index contributed by atoms with van der Waals surface area (Å²) in [6.07, 6.45) is 1.15. The maximum atomic E-state index is 5.65. The molecule has 0 fully saturated rings. The molecule has 0 bridgehead atoms. The Balaban J connectivity index is 0.00000112. The summed E-state index contributed by atoms with van der Waals surface area (Å²) in [5, 5.41) is 4.50. The third-order valence-corrected chi connectivity index (χ3v) is 2.20. The lowest BCUT2D eigenvalue weighted by atomic mass is 10.2. The number of hydrogen-bond acceptors (Lipinski definition) is 2. The van der Waals surface area contributed by atoms with Crippen molar-refractivity contribution in [3.8, 4) is 0 Å². The summed E-state index contributed by atoms with van der Waals surface area (Å²) in [7, 11) is 0. The predicted molar refractivity (Wildman–Crippen MR) is 65.5 cm³/mol. The molecule has 0 saturated heterocycles. The molecule has 1 aromatic carbocycles. The summed E-state index contributed by atoms with van der Waals surface area (Å²) in [6, 6.07) is 10.2. The minimum Gasteiger partial charge on any atom is -0.460 e. The Kier molecular flexibility index (Phi) is 4.66. The Morgan fingerprint density at radius 3 is 2.80 bits per heavy atom. The highest BCUT2D eigenvalue weighted by atomic mass is 35.5. The number of para-hydroxylation sites is 1. The van der Waals surface area contributed by atoms with E-state index < -0.39 is 0 Å². The second kappa shape index (κ2) is 5.79. The molecular weight excluding hydrogens is 210 g/mol. The number of benzene rings is 1. The number of furan rings is 1. The topological polar surface area (TPSA) is 25.2 Å². The van der Waals surface area contributed by atoms with E-state index >= 15 is 0 Å². The molecule has 2 rings (SSSR count). The Bertz CT molecular complexity index is 378. The van der Waals surface area contributed by atoms with Crippen LogP contribution in [0.25, 0.3) is 11.0 Å². The van der Waals surface area contributed by atoms with Crippen LogP contribution in [0.1, 0.15) is 19.1 Å². The molecule has 2 aromatic rings. The molecule has 3 heteroatoms. The van der Waals surface area contributed by atoms with Crippen molar-refractivity contribution in [1.29, 1.82) is 0 Å². The number of halogens is 1. The molecule has 0 radical (unpaired) electrons. The first-order chi connectivity index (χ1) is 6.90. The zero-order valence-electron chi connectivity index (χ0n) is 8.82. The highest BCUT2D eigenvalue weighted by Gasteiger charge is 2.01. The van der Waals surface area contributed by atoms with Gasteiger partial charge in [0.25, 0.3) is 0 Å².